The molecule has 1 N–H and O–H groups in total. The van der Waals surface area contributed by atoms with E-state index in [1.165, 1.54) is 12.1 Å². The largest absolute Gasteiger partial charge is 0.379 e. The topological polar surface area (TPSA) is 75.7 Å². The highest BCUT2D eigenvalue weighted by Gasteiger charge is 2.29. The minimum atomic E-state index is -3.34. The number of rotatable bonds is 5. The number of hydrogen-bond donors (Lipinski definition) is 1. The molecule has 0 unspecified atom stereocenters. The molecule has 1 aliphatic heterocycles. The van der Waals surface area contributed by atoms with Crippen LogP contribution in [-0.2, 0) is 14.6 Å². The van der Waals surface area contributed by atoms with Crippen LogP contribution in [0.25, 0.3) is 0 Å². The minimum Gasteiger partial charge on any atom is -0.379 e. The third-order valence-corrected chi connectivity index (χ3v) is 5.54. The van der Waals surface area contributed by atoms with E-state index < -0.39 is 9.84 Å². The zero-order chi connectivity index (χ0) is 18.0. The van der Waals surface area contributed by atoms with Gasteiger partial charge in [0.15, 0.2) is 9.84 Å². The summed E-state index contributed by atoms with van der Waals surface area (Å²) in [6, 6.07) is 4.64. The maximum Gasteiger partial charge on any atom is 0.251 e. The summed E-state index contributed by atoms with van der Waals surface area (Å²) in [6.07, 6.45) is 1.14. The first-order valence-corrected chi connectivity index (χ1v) is 9.92. The van der Waals surface area contributed by atoms with Crippen LogP contribution in [0.15, 0.2) is 23.1 Å². The van der Waals surface area contributed by atoms with Gasteiger partial charge in [0, 0.05) is 37.0 Å². The number of nitrogens with zero attached hydrogens (tertiary/aromatic N) is 1. The van der Waals surface area contributed by atoms with E-state index >= 15 is 0 Å². The number of ether oxygens (including phenoxy) is 1. The molecule has 0 spiro atoms. The Morgan fingerprint density at radius 1 is 1.29 bits per heavy atom. The Kier molecular flexibility index (Phi) is 5.67. The van der Waals surface area contributed by atoms with Crippen molar-refractivity contribution in [2.45, 2.75) is 31.2 Å². The van der Waals surface area contributed by atoms with Crippen LogP contribution >= 0.6 is 0 Å². The molecule has 24 heavy (non-hydrogen) atoms. The second-order valence-corrected chi connectivity index (χ2v) is 8.86. The predicted octanol–water partition coefficient (Wildman–Crippen LogP) is 1.24. The predicted molar refractivity (Wildman–Crippen MR) is 93.1 cm³/mol. The summed E-state index contributed by atoms with van der Waals surface area (Å²) in [5, 5.41) is 2.94. The van der Waals surface area contributed by atoms with Crippen molar-refractivity contribution in [2.75, 3.05) is 39.1 Å². The number of carbonyl (C=O) groups is 1. The molecule has 134 valence electrons. The molecule has 1 amide bonds. The highest BCUT2D eigenvalue weighted by molar-refractivity contribution is 7.90. The number of sulfone groups is 1. The standard InChI is InChI=1S/C17H26N2O4S/c1-13-5-6-14(24(4,21)22)11-15(13)16(20)18-12-17(2,3)19-7-9-23-10-8-19/h5-6,11H,7-10,12H2,1-4H3,(H,18,20). The zero-order valence-electron chi connectivity index (χ0n) is 14.8. The van der Waals surface area contributed by atoms with Crippen molar-refractivity contribution in [2.24, 2.45) is 0 Å². The van der Waals surface area contributed by atoms with E-state index in [0.29, 0.717) is 25.3 Å². The Bertz CT molecular complexity index is 707. The van der Waals surface area contributed by atoms with Crippen LogP contribution in [0.4, 0.5) is 0 Å². The number of morpholine rings is 1. The quantitative estimate of drug-likeness (QED) is 0.861. The van der Waals surface area contributed by atoms with Crippen molar-refractivity contribution in [3.63, 3.8) is 0 Å². The molecule has 0 radical (unpaired) electrons. The third-order valence-electron chi connectivity index (χ3n) is 4.43. The van der Waals surface area contributed by atoms with Gasteiger partial charge in [-0.15, -0.1) is 0 Å². The van der Waals surface area contributed by atoms with Crippen LogP contribution in [0, 0.1) is 6.92 Å². The number of amides is 1. The van der Waals surface area contributed by atoms with Gasteiger partial charge >= 0.3 is 0 Å². The number of aryl methyl sites for hydroxylation is 1. The third kappa shape index (κ3) is 4.55. The molecule has 0 aliphatic carbocycles. The molecule has 1 aliphatic rings. The molecule has 7 heteroatoms. The monoisotopic (exact) mass is 354 g/mol. The summed E-state index contributed by atoms with van der Waals surface area (Å²) in [5.74, 6) is -0.251. The Morgan fingerprint density at radius 2 is 1.92 bits per heavy atom. The molecule has 0 bridgehead atoms. The average molecular weight is 354 g/mol. The van der Waals surface area contributed by atoms with E-state index in [-0.39, 0.29) is 16.3 Å². The Labute approximate surface area is 144 Å². The highest BCUT2D eigenvalue weighted by Crippen LogP contribution is 2.18. The second-order valence-electron chi connectivity index (χ2n) is 6.84. The summed E-state index contributed by atoms with van der Waals surface area (Å²) in [4.78, 5) is 15.0. The van der Waals surface area contributed by atoms with Crippen LogP contribution in [0.5, 0.6) is 0 Å². The number of hydrogen-bond acceptors (Lipinski definition) is 5. The highest BCUT2D eigenvalue weighted by atomic mass is 32.2. The maximum absolute atomic E-state index is 12.5. The molecule has 0 atom stereocenters. The molecule has 2 rings (SSSR count). The summed E-state index contributed by atoms with van der Waals surface area (Å²) in [5.41, 5.74) is 0.960. The molecule has 1 fully saturated rings. The average Bonchev–Trinajstić information content (AvgIpc) is 2.53. The SMILES string of the molecule is Cc1ccc(S(C)(=O)=O)cc1C(=O)NCC(C)(C)N1CCOCC1. The summed E-state index contributed by atoms with van der Waals surface area (Å²) >= 11 is 0. The Hall–Kier alpha value is -1.44. The van der Waals surface area contributed by atoms with Crippen LogP contribution in [0.2, 0.25) is 0 Å². The lowest BCUT2D eigenvalue weighted by molar-refractivity contribution is -0.00923. The first kappa shape index (κ1) is 18.9. The van der Waals surface area contributed by atoms with Crippen molar-refractivity contribution in [3.8, 4) is 0 Å². The molecule has 1 aromatic rings. The normalized spacial score (nSPS) is 16.8. The lowest BCUT2D eigenvalue weighted by Gasteiger charge is -2.40. The van der Waals surface area contributed by atoms with Crippen molar-refractivity contribution < 1.29 is 17.9 Å². The van der Waals surface area contributed by atoms with Crippen molar-refractivity contribution in [1.29, 1.82) is 0 Å². The first-order chi connectivity index (χ1) is 11.1. The molecular weight excluding hydrogens is 328 g/mol. The van der Waals surface area contributed by atoms with Crippen LogP contribution in [-0.4, -0.2) is 63.9 Å². The fourth-order valence-electron chi connectivity index (χ4n) is 2.75. The van der Waals surface area contributed by atoms with Gasteiger partial charge in [0.25, 0.3) is 5.91 Å². The molecule has 1 aromatic carbocycles. The van der Waals surface area contributed by atoms with Crippen molar-refractivity contribution in [3.05, 3.63) is 29.3 Å². The minimum absolute atomic E-state index is 0.158. The second kappa shape index (κ2) is 7.21. The smallest absolute Gasteiger partial charge is 0.251 e. The van der Waals surface area contributed by atoms with Crippen molar-refractivity contribution in [1.82, 2.24) is 10.2 Å². The van der Waals surface area contributed by atoms with Gasteiger partial charge in [-0.3, -0.25) is 9.69 Å². The Balaban J connectivity index is 2.09. The van der Waals surface area contributed by atoms with E-state index in [2.05, 4.69) is 24.1 Å². The molecule has 0 saturated carbocycles. The van der Waals surface area contributed by atoms with Gasteiger partial charge in [0.05, 0.1) is 18.1 Å². The first-order valence-electron chi connectivity index (χ1n) is 8.03. The van der Waals surface area contributed by atoms with Gasteiger partial charge in [-0.1, -0.05) is 6.07 Å². The fourth-order valence-corrected chi connectivity index (χ4v) is 3.40. The van der Waals surface area contributed by atoms with Crippen LogP contribution in [0.3, 0.4) is 0 Å². The number of nitrogens with one attached hydrogen (secondary N) is 1. The lowest BCUT2D eigenvalue weighted by Crippen LogP contribution is -2.55. The Morgan fingerprint density at radius 3 is 2.50 bits per heavy atom. The molecule has 0 aromatic heterocycles. The fraction of sp³-hybridized carbons (Fsp3) is 0.588. The number of carbonyl (C=O) groups excluding carboxylic acids is 1. The summed E-state index contributed by atoms with van der Waals surface area (Å²) in [7, 11) is -3.34. The molecule has 1 heterocycles. The van der Waals surface area contributed by atoms with Crippen molar-refractivity contribution >= 4 is 15.7 Å². The van der Waals surface area contributed by atoms with E-state index in [9.17, 15) is 13.2 Å². The lowest BCUT2D eigenvalue weighted by atomic mass is 10.0. The van der Waals surface area contributed by atoms with E-state index in [0.717, 1.165) is 24.9 Å². The van der Waals surface area contributed by atoms with Gasteiger partial charge in [-0.2, -0.15) is 0 Å². The van der Waals surface area contributed by atoms with Gasteiger partial charge in [0.1, 0.15) is 0 Å². The molecule has 6 nitrogen and oxygen atoms in total. The van der Waals surface area contributed by atoms with Gasteiger partial charge in [-0.25, -0.2) is 8.42 Å². The van der Waals surface area contributed by atoms with E-state index in [1.807, 2.05) is 0 Å². The zero-order valence-corrected chi connectivity index (χ0v) is 15.6. The molecule has 1 saturated heterocycles. The number of benzene rings is 1. The van der Waals surface area contributed by atoms with Crippen LogP contribution < -0.4 is 5.32 Å². The van der Waals surface area contributed by atoms with Gasteiger partial charge < -0.3 is 10.1 Å². The summed E-state index contributed by atoms with van der Waals surface area (Å²) < 4.78 is 28.7. The maximum atomic E-state index is 12.5. The molecular formula is C17H26N2O4S. The van der Waals surface area contributed by atoms with Gasteiger partial charge in [-0.05, 0) is 38.5 Å². The van der Waals surface area contributed by atoms with Crippen LogP contribution in [0.1, 0.15) is 29.8 Å². The van der Waals surface area contributed by atoms with E-state index in [4.69, 9.17) is 4.74 Å². The summed E-state index contributed by atoms with van der Waals surface area (Å²) in [6.45, 7) is 9.52. The van der Waals surface area contributed by atoms with Gasteiger partial charge in [0.2, 0.25) is 0 Å². The van der Waals surface area contributed by atoms with E-state index in [1.54, 1.807) is 13.0 Å².